The van der Waals surface area contributed by atoms with Gasteiger partial charge < -0.3 is 19.3 Å². The number of alkyl halides is 1. The van der Waals surface area contributed by atoms with E-state index in [4.69, 9.17) is 4.74 Å². The Labute approximate surface area is 261 Å². The zero-order chi connectivity index (χ0) is 28.0. The molecule has 3 aromatic heterocycles. The Bertz CT molecular complexity index is 1760. The van der Waals surface area contributed by atoms with Gasteiger partial charge in [0.25, 0.3) is 0 Å². The highest BCUT2D eigenvalue weighted by molar-refractivity contribution is 7.59. The molecule has 0 aliphatic carbocycles. The summed E-state index contributed by atoms with van der Waals surface area (Å²) in [6.07, 6.45) is 3.72. The summed E-state index contributed by atoms with van der Waals surface area (Å²) in [5.74, 6) is 0.188. The summed E-state index contributed by atoms with van der Waals surface area (Å²) in [5, 5.41) is 9.84. The molecule has 9 nitrogen and oxygen atoms in total. The second kappa shape index (κ2) is 13.7. The number of fused-ring (bicyclic) bond motifs is 3. The third-order valence-corrected chi connectivity index (χ3v) is 7.35. The molecule has 6 rings (SSSR count). The van der Waals surface area contributed by atoms with E-state index in [1.165, 1.54) is 11.0 Å². The molecule has 1 saturated heterocycles. The third kappa shape index (κ3) is 6.29. The molecule has 0 unspecified atom stereocenters. The summed E-state index contributed by atoms with van der Waals surface area (Å²) in [5.41, 5.74) is 3.48. The van der Waals surface area contributed by atoms with E-state index in [1.54, 1.807) is 55.8 Å². The Morgan fingerprint density at radius 1 is 1.07 bits per heavy atom. The SMILES string of the molecule is C.Cc1cc(Oc2ncccn2)ccc1-c1cc2c(cc1F)ncc1nc(C)n([C@H]3CCN(C(=O)CO)C[C@@H]3F)c12.S.S. The number of imidazole rings is 1. The Balaban J connectivity index is 0.00000169. The van der Waals surface area contributed by atoms with E-state index >= 15 is 8.78 Å². The highest BCUT2D eigenvalue weighted by atomic mass is 32.1. The van der Waals surface area contributed by atoms with Crippen molar-refractivity contribution in [2.45, 2.75) is 39.9 Å². The zero-order valence-electron chi connectivity index (χ0n) is 22.9. The minimum atomic E-state index is -1.37. The number of hydrogen-bond donors (Lipinski definition) is 1. The lowest BCUT2D eigenvalue weighted by molar-refractivity contribution is -0.137. The fourth-order valence-electron chi connectivity index (χ4n) is 5.48. The van der Waals surface area contributed by atoms with Crippen molar-refractivity contribution in [1.82, 2.24) is 29.4 Å². The molecule has 228 valence electrons. The van der Waals surface area contributed by atoms with Crippen LogP contribution in [0.1, 0.15) is 31.3 Å². The molecule has 1 N–H and O–H groups in total. The predicted octanol–water partition coefficient (Wildman–Crippen LogP) is 5.56. The minimum Gasteiger partial charge on any atom is -0.424 e. The molecule has 13 heteroatoms. The molecule has 0 spiro atoms. The molecule has 2 aromatic carbocycles. The maximum atomic E-state index is 15.5. The number of amides is 1. The first-order valence-corrected chi connectivity index (χ1v) is 12.9. The molecule has 2 atom stereocenters. The maximum absolute atomic E-state index is 15.5. The number of hydrogen-bond acceptors (Lipinski definition) is 7. The van der Waals surface area contributed by atoms with Crippen molar-refractivity contribution < 1.29 is 23.4 Å². The number of aliphatic hydroxyl groups is 1. The summed E-state index contributed by atoms with van der Waals surface area (Å²) >= 11 is 0. The van der Waals surface area contributed by atoms with Crippen LogP contribution < -0.4 is 4.74 Å². The number of carbonyl (C=O) groups is 1. The van der Waals surface area contributed by atoms with E-state index < -0.39 is 30.5 Å². The molecule has 5 aromatic rings. The maximum Gasteiger partial charge on any atom is 0.321 e. The van der Waals surface area contributed by atoms with Gasteiger partial charge in [-0.3, -0.25) is 9.78 Å². The topological polar surface area (TPSA) is 106 Å². The molecular weight excluding hydrogens is 594 g/mol. The van der Waals surface area contributed by atoms with Crippen molar-refractivity contribution in [3.05, 3.63) is 72.2 Å². The fourth-order valence-corrected chi connectivity index (χ4v) is 5.48. The Morgan fingerprint density at radius 3 is 2.49 bits per heavy atom. The van der Waals surface area contributed by atoms with E-state index in [0.29, 0.717) is 57.6 Å². The smallest absolute Gasteiger partial charge is 0.321 e. The number of aryl methyl sites for hydroxylation is 2. The summed E-state index contributed by atoms with van der Waals surface area (Å²) in [6.45, 7) is 3.21. The lowest BCUT2D eigenvalue weighted by atomic mass is 9.97. The van der Waals surface area contributed by atoms with E-state index in [1.807, 2.05) is 11.5 Å². The lowest BCUT2D eigenvalue weighted by Gasteiger charge is -2.35. The van der Waals surface area contributed by atoms with Gasteiger partial charge in [0.1, 0.15) is 35.7 Å². The van der Waals surface area contributed by atoms with E-state index in [0.717, 1.165) is 5.56 Å². The quantitative estimate of drug-likeness (QED) is 0.272. The van der Waals surface area contributed by atoms with Gasteiger partial charge in [0.15, 0.2) is 0 Å². The van der Waals surface area contributed by atoms with Crippen LogP contribution >= 0.6 is 27.0 Å². The number of ether oxygens (including phenoxy) is 1. The second-order valence-electron chi connectivity index (χ2n) is 9.85. The number of carbonyl (C=O) groups excluding carboxylic acids is 1. The van der Waals surface area contributed by atoms with Gasteiger partial charge in [0, 0.05) is 36.0 Å². The first-order chi connectivity index (χ1) is 19.3. The van der Waals surface area contributed by atoms with Crippen molar-refractivity contribution in [3.8, 4) is 22.9 Å². The van der Waals surface area contributed by atoms with Gasteiger partial charge >= 0.3 is 6.01 Å². The van der Waals surface area contributed by atoms with E-state index in [2.05, 4.69) is 19.9 Å². The third-order valence-electron chi connectivity index (χ3n) is 7.35. The van der Waals surface area contributed by atoms with Crippen molar-refractivity contribution >= 4 is 54.8 Å². The van der Waals surface area contributed by atoms with Crippen molar-refractivity contribution in [3.63, 3.8) is 0 Å². The molecule has 1 fully saturated rings. The van der Waals surface area contributed by atoms with Crippen LogP contribution in [0.15, 0.2) is 55.0 Å². The number of pyridine rings is 1. The number of piperidine rings is 1. The van der Waals surface area contributed by atoms with Crippen molar-refractivity contribution in [1.29, 1.82) is 0 Å². The molecule has 1 amide bonds. The Kier molecular flexibility index (Phi) is 10.7. The molecule has 43 heavy (non-hydrogen) atoms. The van der Waals surface area contributed by atoms with Gasteiger partial charge in [-0.1, -0.05) is 13.5 Å². The summed E-state index contributed by atoms with van der Waals surface area (Å²) in [7, 11) is 0. The highest BCUT2D eigenvalue weighted by Crippen LogP contribution is 2.37. The molecule has 0 radical (unpaired) electrons. The van der Waals surface area contributed by atoms with Gasteiger partial charge in [-0.15, -0.1) is 0 Å². The number of likely N-dealkylation sites (tertiary alicyclic amines) is 1. The largest absolute Gasteiger partial charge is 0.424 e. The summed E-state index contributed by atoms with van der Waals surface area (Å²) in [4.78, 5) is 30.5. The second-order valence-corrected chi connectivity index (χ2v) is 9.85. The van der Waals surface area contributed by atoms with Crippen LogP contribution in [-0.2, 0) is 4.79 Å². The molecule has 1 aliphatic heterocycles. The summed E-state index contributed by atoms with van der Waals surface area (Å²) in [6, 6.07) is 9.73. The van der Waals surface area contributed by atoms with Crippen LogP contribution in [0.3, 0.4) is 0 Å². The van der Waals surface area contributed by atoms with E-state index in [9.17, 15) is 9.90 Å². The first-order valence-electron chi connectivity index (χ1n) is 12.9. The number of rotatable bonds is 5. The standard InChI is InChI=1S/C29H26F2N6O3.CH4.2H2S/c1-16-10-18(40-29-32-7-3-8-33-29)4-5-19(16)20-11-21-24(12-22(20)30)34-13-25-28(21)37(17(2)35-25)26-6-9-36(14-23(26)31)27(39)15-38;;;/h3-5,7-8,10-13,23,26,38H,6,9,14-15H2,1-2H3;1H4;2*1H2/t23-,26-;;;/m0.../s1. The Hall–Kier alpha value is -3.81. The van der Waals surface area contributed by atoms with Crippen LogP contribution in [0.5, 0.6) is 11.8 Å². The zero-order valence-corrected chi connectivity index (χ0v) is 24.9. The molecule has 0 bridgehead atoms. The van der Waals surface area contributed by atoms with Gasteiger partial charge in [-0.05, 0) is 55.7 Å². The average Bonchev–Trinajstić information content (AvgIpc) is 3.29. The molecule has 4 heterocycles. The van der Waals surface area contributed by atoms with Crippen molar-refractivity contribution in [2.75, 3.05) is 19.7 Å². The number of nitrogens with zero attached hydrogens (tertiary/aromatic N) is 6. The molecule has 1 aliphatic rings. The Morgan fingerprint density at radius 2 is 1.81 bits per heavy atom. The van der Waals surface area contributed by atoms with Crippen LogP contribution in [0, 0.1) is 19.7 Å². The number of aromatic nitrogens is 5. The summed E-state index contributed by atoms with van der Waals surface area (Å²) < 4.78 is 38.5. The number of aliphatic hydroxyl groups excluding tert-OH is 1. The van der Waals surface area contributed by atoms with Crippen molar-refractivity contribution in [2.24, 2.45) is 0 Å². The first kappa shape index (κ1) is 33.7. The number of halogens is 2. The monoisotopic (exact) mass is 628 g/mol. The number of benzene rings is 2. The van der Waals surface area contributed by atoms with Gasteiger partial charge in [-0.2, -0.15) is 27.0 Å². The molecular formula is C30H34F2N6O3S2. The van der Waals surface area contributed by atoms with Crippen LogP contribution in [0.2, 0.25) is 0 Å². The fraction of sp³-hybridized carbons (Fsp3) is 0.300. The predicted molar refractivity (Wildman–Crippen MR) is 172 cm³/mol. The van der Waals surface area contributed by atoms with Gasteiger partial charge in [0.2, 0.25) is 5.91 Å². The van der Waals surface area contributed by atoms with Crippen LogP contribution in [-0.4, -0.2) is 66.3 Å². The normalized spacial score (nSPS) is 16.3. The van der Waals surface area contributed by atoms with Crippen LogP contribution in [0.4, 0.5) is 8.78 Å². The minimum absolute atomic E-state index is 0. The van der Waals surface area contributed by atoms with Crippen LogP contribution in [0.25, 0.3) is 33.1 Å². The lowest BCUT2D eigenvalue weighted by Crippen LogP contribution is -2.46. The molecule has 0 saturated carbocycles. The highest BCUT2D eigenvalue weighted by Gasteiger charge is 2.34. The average molecular weight is 629 g/mol. The van der Waals surface area contributed by atoms with Gasteiger partial charge in [0.05, 0.1) is 29.8 Å². The van der Waals surface area contributed by atoms with E-state index in [-0.39, 0.29) is 47.0 Å². The van der Waals surface area contributed by atoms with Gasteiger partial charge in [-0.25, -0.2) is 23.7 Å².